The highest BCUT2D eigenvalue weighted by Crippen LogP contribution is 2.13. The normalized spacial score (nSPS) is 9.94. The molecule has 0 aromatic heterocycles. The van der Waals surface area contributed by atoms with Crippen LogP contribution in [0.5, 0.6) is 5.75 Å². The molecular weight excluding hydrogens is 238 g/mol. The topological polar surface area (TPSA) is 61.5 Å². The van der Waals surface area contributed by atoms with Crippen LogP contribution in [0, 0.1) is 0 Å². The molecule has 0 saturated carbocycles. The van der Waals surface area contributed by atoms with Crippen molar-refractivity contribution in [3.05, 3.63) is 24.3 Å². The van der Waals surface area contributed by atoms with E-state index in [0.717, 1.165) is 23.6 Å². The molecule has 0 aliphatic rings. The number of rotatable bonds is 7. The van der Waals surface area contributed by atoms with Gasteiger partial charge in [0.05, 0.1) is 19.5 Å². The first-order valence-corrected chi connectivity index (χ1v) is 6.50. The van der Waals surface area contributed by atoms with Crippen LogP contribution in [0.3, 0.4) is 0 Å². The lowest BCUT2D eigenvalue weighted by Gasteiger charge is -2.05. The summed E-state index contributed by atoms with van der Waals surface area (Å²) in [4.78, 5) is 10.8. The number of hydrogen-bond donors (Lipinski definition) is 1. The molecule has 5 heteroatoms. The Bertz CT molecular complexity index is 340. The molecule has 17 heavy (non-hydrogen) atoms. The summed E-state index contributed by atoms with van der Waals surface area (Å²) in [7, 11) is 1.40. The number of carbonyl (C=O) groups excluding carboxylic acids is 1. The van der Waals surface area contributed by atoms with Crippen molar-refractivity contribution < 1.29 is 14.3 Å². The van der Waals surface area contributed by atoms with Gasteiger partial charge in [0, 0.05) is 5.69 Å². The van der Waals surface area contributed by atoms with Crippen LogP contribution in [0.2, 0.25) is 0 Å². The first kappa shape index (κ1) is 13.7. The highest BCUT2D eigenvalue weighted by molar-refractivity contribution is 7.99. The number of thioether (sulfide) groups is 1. The second-order valence-electron chi connectivity index (χ2n) is 3.40. The van der Waals surface area contributed by atoms with E-state index in [9.17, 15) is 4.79 Å². The van der Waals surface area contributed by atoms with E-state index in [0.29, 0.717) is 12.4 Å². The lowest BCUT2D eigenvalue weighted by atomic mass is 10.3. The highest BCUT2D eigenvalue weighted by Gasteiger charge is 1.99. The van der Waals surface area contributed by atoms with Crippen molar-refractivity contribution in [2.24, 2.45) is 0 Å². The third kappa shape index (κ3) is 6.06. The number of nitrogens with two attached hydrogens (primary N) is 1. The van der Waals surface area contributed by atoms with Crippen molar-refractivity contribution in [2.75, 3.05) is 31.0 Å². The van der Waals surface area contributed by atoms with E-state index in [1.165, 1.54) is 7.11 Å². The minimum atomic E-state index is -0.186. The zero-order valence-electron chi connectivity index (χ0n) is 9.85. The standard InChI is InChI=1S/C12H17NO3S/c1-15-12(14)9-17-8-2-7-16-11-5-3-10(13)4-6-11/h3-6H,2,7-9,13H2,1H3. The van der Waals surface area contributed by atoms with Gasteiger partial charge < -0.3 is 15.2 Å². The Kier molecular flexibility index (Phi) is 6.32. The van der Waals surface area contributed by atoms with Crippen molar-refractivity contribution >= 4 is 23.4 Å². The van der Waals surface area contributed by atoms with Crippen LogP contribution in [-0.2, 0) is 9.53 Å². The molecule has 94 valence electrons. The lowest BCUT2D eigenvalue weighted by molar-refractivity contribution is -0.137. The molecule has 0 heterocycles. The number of benzene rings is 1. The second-order valence-corrected chi connectivity index (χ2v) is 4.50. The van der Waals surface area contributed by atoms with Gasteiger partial charge in [-0.3, -0.25) is 4.79 Å². The molecule has 0 spiro atoms. The molecule has 0 saturated heterocycles. The number of ether oxygens (including phenoxy) is 2. The van der Waals surface area contributed by atoms with Gasteiger partial charge >= 0.3 is 5.97 Å². The summed E-state index contributed by atoms with van der Waals surface area (Å²) < 4.78 is 10.0. The summed E-state index contributed by atoms with van der Waals surface area (Å²) in [6.45, 7) is 0.637. The van der Waals surface area contributed by atoms with Gasteiger partial charge in [0.25, 0.3) is 0 Å². The Hall–Kier alpha value is -1.36. The molecule has 4 nitrogen and oxygen atoms in total. The van der Waals surface area contributed by atoms with Gasteiger partial charge in [-0.05, 0) is 36.4 Å². The highest BCUT2D eigenvalue weighted by atomic mass is 32.2. The van der Waals surface area contributed by atoms with Crippen molar-refractivity contribution in [1.29, 1.82) is 0 Å². The molecule has 1 aromatic rings. The molecule has 0 bridgehead atoms. The maximum Gasteiger partial charge on any atom is 0.315 e. The van der Waals surface area contributed by atoms with Crippen molar-refractivity contribution in [2.45, 2.75) is 6.42 Å². The molecule has 0 aliphatic heterocycles. The van der Waals surface area contributed by atoms with Crippen LogP contribution in [0.1, 0.15) is 6.42 Å². The van der Waals surface area contributed by atoms with Crippen molar-refractivity contribution in [3.8, 4) is 5.75 Å². The quantitative estimate of drug-likeness (QED) is 0.458. The Balaban J connectivity index is 2.04. The van der Waals surface area contributed by atoms with E-state index < -0.39 is 0 Å². The van der Waals surface area contributed by atoms with Crippen LogP contribution >= 0.6 is 11.8 Å². The smallest absolute Gasteiger partial charge is 0.315 e. The van der Waals surface area contributed by atoms with Gasteiger partial charge in [-0.25, -0.2) is 0 Å². The molecule has 0 unspecified atom stereocenters. The largest absolute Gasteiger partial charge is 0.494 e. The number of hydrogen-bond acceptors (Lipinski definition) is 5. The Morgan fingerprint density at radius 3 is 2.71 bits per heavy atom. The minimum Gasteiger partial charge on any atom is -0.494 e. The molecule has 0 radical (unpaired) electrons. The molecule has 0 aliphatic carbocycles. The predicted molar refractivity (Wildman–Crippen MR) is 70.3 cm³/mol. The predicted octanol–water partition coefficient (Wildman–Crippen LogP) is 1.94. The number of methoxy groups -OCH3 is 1. The first-order valence-electron chi connectivity index (χ1n) is 5.35. The fourth-order valence-electron chi connectivity index (χ4n) is 1.13. The number of esters is 1. The van der Waals surface area contributed by atoms with Gasteiger partial charge in [-0.15, -0.1) is 0 Å². The van der Waals surface area contributed by atoms with Gasteiger partial charge in [-0.2, -0.15) is 11.8 Å². The zero-order chi connectivity index (χ0) is 12.5. The summed E-state index contributed by atoms with van der Waals surface area (Å²) in [6.07, 6.45) is 0.895. The molecule has 1 rings (SSSR count). The van der Waals surface area contributed by atoms with E-state index in [1.54, 1.807) is 23.9 Å². The van der Waals surface area contributed by atoms with E-state index in [-0.39, 0.29) is 5.97 Å². The zero-order valence-corrected chi connectivity index (χ0v) is 10.7. The molecule has 2 N–H and O–H groups in total. The van der Waals surface area contributed by atoms with Crippen LogP contribution in [-0.4, -0.2) is 31.2 Å². The van der Waals surface area contributed by atoms with Gasteiger partial charge in [-0.1, -0.05) is 0 Å². The Morgan fingerprint density at radius 1 is 1.35 bits per heavy atom. The van der Waals surface area contributed by atoms with Crippen LogP contribution in [0.4, 0.5) is 5.69 Å². The van der Waals surface area contributed by atoms with E-state index in [4.69, 9.17) is 10.5 Å². The summed E-state index contributed by atoms with van der Waals surface area (Å²) in [5.41, 5.74) is 6.29. The lowest BCUT2D eigenvalue weighted by Crippen LogP contribution is -2.05. The summed E-state index contributed by atoms with van der Waals surface area (Å²) >= 11 is 1.55. The molecular formula is C12H17NO3S. The maximum absolute atomic E-state index is 10.8. The van der Waals surface area contributed by atoms with Gasteiger partial charge in [0.2, 0.25) is 0 Å². The molecule has 0 atom stereocenters. The fraction of sp³-hybridized carbons (Fsp3) is 0.417. The summed E-state index contributed by atoms with van der Waals surface area (Å²) in [5, 5.41) is 0. The average Bonchev–Trinajstić information content (AvgIpc) is 2.35. The van der Waals surface area contributed by atoms with Gasteiger partial charge in [0.1, 0.15) is 5.75 Å². The fourth-order valence-corrected chi connectivity index (χ4v) is 1.88. The molecule has 1 aromatic carbocycles. The third-order valence-corrected chi connectivity index (χ3v) is 3.05. The maximum atomic E-state index is 10.8. The molecule has 0 fully saturated rings. The Morgan fingerprint density at radius 2 is 2.06 bits per heavy atom. The van der Waals surface area contributed by atoms with E-state index in [1.807, 2.05) is 12.1 Å². The van der Waals surface area contributed by atoms with E-state index >= 15 is 0 Å². The number of nitrogen functional groups attached to an aromatic ring is 1. The van der Waals surface area contributed by atoms with Crippen molar-refractivity contribution in [1.82, 2.24) is 0 Å². The van der Waals surface area contributed by atoms with E-state index in [2.05, 4.69) is 4.74 Å². The van der Waals surface area contributed by atoms with Crippen molar-refractivity contribution in [3.63, 3.8) is 0 Å². The van der Waals surface area contributed by atoms with Crippen LogP contribution in [0.25, 0.3) is 0 Å². The minimum absolute atomic E-state index is 0.186. The monoisotopic (exact) mass is 255 g/mol. The molecule has 0 amide bonds. The van der Waals surface area contributed by atoms with Gasteiger partial charge in [0.15, 0.2) is 0 Å². The third-order valence-electron chi connectivity index (χ3n) is 2.03. The summed E-state index contributed by atoms with van der Waals surface area (Å²) in [5.74, 6) is 1.91. The Labute approximate surface area is 105 Å². The number of anilines is 1. The number of carbonyl (C=O) groups is 1. The first-order chi connectivity index (χ1) is 8.22. The SMILES string of the molecule is COC(=O)CSCCCOc1ccc(N)cc1. The average molecular weight is 255 g/mol. The van der Waals surface area contributed by atoms with Crippen LogP contribution < -0.4 is 10.5 Å². The van der Waals surface area contributed by atoms with Crippen LogP contribution in [0.15, 0.2) is 24.3 Å². The second kappa shape index (κ2) is 7.84. The summed E-state index contributed by atoms with van der Waals surface area (Å²) in [6, 6.07) is 7.30.